The Morgan fingerprint density at radius 3 is 3.08 bits per heavy atom. The van der Waals surface area contributed by atoms with E-state index in [-0.39, 0.29) is 0 Å². The van der Waals surface area contributed by atoms with Gasteiger partial charge in [0, 0.05) is 0 Å². The molecule has 2 aliphatic rings. The number of rotatable bonds is 1. The van der Waals surface area contributed by atoms with Crippen LogP contribution in [-0.2, 0) is 0 Å². The van der Waals surface area contributed by atoms with Crippen LogP contribution in [0.4, 0.5) is 0 Å². The zero-order valence-corrected chi connectivity index (χ0v) is 8.79. The van der Waals surface area contributed by atoms with Crippen LogP contribution in [0.5, 0.6) is 0 Å². The van der Waals surface area contributed by atoms with Crippen molar-refractivity contribution in [3.8, 4) is 0 Å². The largest absolute Gasteiger partial charge is 0.0811 e. The van der Waals surface area contributed by atoms with Gasteiger partial charge in [0.15, 0.2) is 0 Å². The van der Waals surface area contributed by atoms with Gasteiger partial charge < -0.3 is 0 Å². The molecule has 2 rings (SSSR count). The molecule has 0 aromatic carbocycles. The third-order valence-corrected chi connectivity index (χ3v) is 3.78. The Balaban J connectivity index is 2.25. The summed E-state index contributed by atoms with van der Waals surface area (Å²) in [7, 11) is 0. The van der Waals surface area contributed by atoms with Crippen LogP contribution < -0.4 is 0 Å². The lowest BCUT2D eigenvalue weighted by Crippen LogP contribution is -2.26. The van der Waals surface area contributed by atoms with Crippen molar-refractivity contribution < 1.29 is 0 Å². The van der Waals surface area contributed by atoms with E-state index in [2.05, 4.69) is 32.1 Å². The monoisotopic (exact) mass is 176 g/mol. The first kappa shape index (κ1) is 9.05. The van der Waals surface area contributed by atoms with Crippen molar-refractivity contribution in [1.82, 2.24) is 0 Å². The molecule has 13 heavy (non-hydrogen) atoms. The molecular formula is C13H20. The van der Waals surface area contributed by atoms with Gasteiger partial charge >= 0.3 is 0 Å². The molecule has 3 atom stereocenters. The van der Waals surface area contributed by atoms with Crippen molar-refractivity contribution in [2.75, 3.05) is 0 Å². The van der Waals surface area contributed by atoms with Gasteiger partial charge in [-0.3, -0.25) is 0 Å². The topological polar surface area (TPSA) is 0 Å². The summed E-state index contributed by atoms with van der Waals surface area (Å²) < 4.78 is 0. The normalized spacial score (nSPS) is 38.3. The second-order valence-electron chi connectivity index (χ2n) is 4.53. The van der Waals surface area contributed by atoms with Gasteiger partial charge in [-0.25, -0.2) is 0 Å². The van der Waals surface area contributed by atoms with Crippen molar-refractivity contribution in [3.05, 3.63) is 23.8 Å². The molecule has 0 heterocycles. The minimum Gasteiger partial charge on any atom is -0.0811 e. The number of fused-ring (bicyclic) bond motifs is 1. The molecule has 0 aromatic heterocycles. The van der Waals surface area contributed by atoms with Crippen LogP contribution in [0.15, 0.2) is 23.8 Å². The van der Waals surface area contributed by atoms with E-state index in [0.717, 1.165) is 17.8 Å². The maximum Gasteiger partial charge on any atom is -0.0131 e. The van der Waals surface area contributed by atoms with Gasteiger partial charge in [-0.1, -0.05) is 38.5 Å². The second-order valence-corrected chi connectivity index (χ2v) is 4.53. The van der Waals surface area contributed by atoms with E-state index >= 15 is 0 Å². The first-order chi connectivity index (χ1) is 6.33. The highest BCUT2D eigenvalue weighted by Gasteiger charge is 2.30. The lowest BCUT2D eigenvalue weighted by atomic mass is 9.69. The summed E-state index contributed by atoms with van der Waals surface area (Å²) in [4.78, 5) is 0. The van der Waals surface area contributed by atoms with Gasteiger partial charge in [0.25, 0.3) is 0 Å². The Hall–Kier alpha value is -0.520. The Kier molecular flexibility index (Phi) is 2.57. The minimum atomic E-state index is 0.797. The highest BCUT2D eigenvalue weighted by molar-refractivity contribution is 5.28. The maximum absolute atomic E-state index is 2.46. The summed E-state index contributed by atoms with van der Waals surface area (Å²) in [5.41, 5.74) is 1.64. The molecule has 0 saturated carbocycles. The molecule has 3 unspecified atom stereocenters. The first-order valence-electron chi connectivity index (χ1n) is 5.71. The van der Waals surface area contributed by atoms with Crippen molar-refractivity contribution in [2.24, 2.45) is 17.8 Å². The van der Waals surface area contributed by atoms with Crippen molar-refractivity contribution in [1.29, 1.82) is 0 Å². The van der Waals surface area contributed by atoms with Gasteiger partial charge in [-0.05, 0) is 42.6 Å². The molecule has 0 aliphatic heterocycles. The van der Waals surface area contributed by atoms with Gasteiger partial charge in [0.2, 0.25) is 0 Å². The Bertz CT molecular complexity index is 234. The molecule has 0 radical (unpaired) electrons. The summed E-state index contributed by atoms with van der Waals surface area (Å²) in [6.07, 6.45) is 12.7. The minimum absolute atomic E-state index is 0.797. The van der Waals surface area contributed by atoms with E-state index in [1.165, 1.54) is 25.7 Å². The van der Waals surface area contributed by atoms with Crippen LogP contribution in [0.2, 0.25) is 0 Å². The molecule has 0 nitrogen and oxygen atoms in total. The van der Waals surface area contributed by atoms with E-state index in [4.69, 9.17) is 0 Å². The molecule has 0 aromatic rings. The van der Waals surface area contributed by atoms with E-state index in [1.54, 1.807) is 5.57 Å². The van der Waals surface area contributed by atoms with Crippen LogP contribution in [0.25, 0.3) is 0 Å². The number of hydrogen-bond acceptors (Lipinski definition) is 0. The van der Waals surface area contributed by atoms with E-state index < -0.39 is 0 Å². The van der Waals surface area contributed by atoms with E-state index in [9.17, 15) is 0 Å². The molecule has 0 amide bonds. The highest BCUT2D eigenvalue weighted by Crippen LogP contribution is 2.41. The fourth-order valence-corrected chi connectivity index (χ4v) is 3.01. The standard InChI is InChI=1S/C13H20/c1-3-12-10(2)8-9-11-6-4-5-7-13(11)12/h6,8-10,12-13H,3-5,7H2,1-2H3. The molecular weight excluding hydrogens is 156 g/mol. The molecule has 2 aliphatic carbocycles. The summed E-state index contributed by atoms with van der Waals surface area (Å²) in [5.74, 6) is 2.60. The maximum atomic E-state index is 2.46. The van der Waals surface area contributed by atoms with Crippen LogP contribution >= 0.6 is 0 Å². The van der Waals surface area contributed by atoms with E-state index in [0.29, 0.717) is 0 Å². The summed E-state index contributed by atoms with van der Waals surface area (Å²) in [6.45, 7) is 4.71. The van der Waals surface area contributed by atoms with Crippen molar-refractivity contribution in [2.45, 2.75) is 39.5 Å². The zero-order valence-electron chi connectivity index (χ0n) is 8.79. The fourth-order valence-electron chi connectivity index (χ4n) is 3.01. The number of allylic oxidation sites excluding steroid dienone is 4. The summed E-state index contributed by atoms with van der Waals surface area (Å²) in [6, 6.07) is 0. The molecule has 0 saturated heterocycles. The predicted molar refractivity (Wildman–Crippen MR) is 57.5 cm³/mol. The third-order valence-electron chi connectivity index (χ3n) is 3.78. The lowest BCUT2D eigenvalue weighted by molar-refractivity contribution is 0.268. The molecule has 72 valence electrons. The molecule has 0 fully saturated rings. The summed E-state index contributed by atoms with van der Waals surface area (Å²) in [5, 5.41) is 0. The molecule has 0 N–H and O–H groups in total. The van der Waals surface area contributed by atoms with Crippen molar-refractivity contribution >= 4 is 0 Å². The molecule has 0 heteroatoms. The highest BCUT2D eigenvalue weighted by atomic mass is 14.3. The first-order valence-corrected chi connectivity index (χ1v) is 5.71. The third kappa shape index (κ3) is 1.59. The fraction of sp³-hybridized carbons (Fsp3) is 0.692. The van der Waals surface area contributed by atoms with E-state index in [1.807, 2.05) is 0 Å². The Labute approximate surface area is 81.7 Å². The SMILES string of the molecule is CCC1C(C)C=CC2=CCCCC21. The zero-order chi connectivity index (χ0) is 9.26. The van der Waals surface area contributed by atoms with Gasteiger partial charge in [0.1, 0.15) is 0 Å². The second kappa shape index (κ2) is 3.69. The van der Waals surface area contributed by atoms with Crippen LogP contribution in [0, 0.1) is 17.8 Å². The molecule has 0 spiro atoms. The van der Waals surface area contributed by atoms with Gasteiger partial charge in [-0.15, -0.1) is 0 Å². The van der Waals surface area contributed by atoms with Gasteiger partial charge in [-0.2, -0.15) is 0 Å². The number of hydrogen-bond donors (Lipinski definition) is 0. The van der Waals surface area contributed by atoms with Gasteiger partial charge in [0.05, 0.1) is 0 Å². The van der Waals surface area contributed by atoms with Crippen LogP contribution in [0.1, 0.15) is 39.5 Å². The smallest absolute Gasteiger partial charge is 0.0131 e. The van der Waals surface area contributed by atoms with Crippen LogP contribution in [-0.4, -0.2) is 0 Å². The van der Waals surface area contributed by atoms with Crippen LogP contribution in [0.3, 0.4) is 0 Å². The molecule has 0 bridgehead atoms. The quantitative estimate of drug-likeness (QED) is 0.567. The van der Waals surface area contributed by atoms with Crippen molar-refractivity contribution in [3.63, 3.8) is 0 Å². The predicted octanol–water partition coefficient (Wildman–Crippen LogP) is 3.95. The lowest BCUT2D eigenvalue weighted by Gasteiger charge is -2.36. The Morgan fingerprint density at radius 1 is 1.46 bits per heavy atom. The summed E-state index contributed by atoms with van der Waals surface area (Å²) >= 11 is 0. The Morgan fingerprint density at radius 2 is 2.31 bits per heavy atom. The average Bonchev–Trinajstić information content (AvgIpc) is 2.18. The average molecular weight is 176 g/mol.